The number of aromatic nitrogens is 2. The first-order chi connectivity index (χ1) is 8.94. The fourth-order valence-electron chi connectivity index (χ4n) is 2.29. The van der Waals surface area contributed by atoms with Crippen molar-refractivity contribution in [2.45, 2.75) is 39.2 Å². The van der Waals surface area contributed by atoms with Crippen LogP contribution in [0.15, 0.2) is 36.4 Å². The molecule has 0 aromatic carbocycles. The van der Waals surface area contributed by atoms with Crippen molar-refractivity contribution in [2.24, 2.45) is 5.73 Å². The van der Waals surface area contributed by atoms with Crippen molar-refractivity contribution in [3.63, 3.8) is 0 Å². The van der Waals surface area contributed by atoms with E-state index < -0.39 is 0 Å². The van der Waals surface area contributed by atoms with Crippen molar-refractivity contribution in [2.75, 3.05) is 0 Å². The van der Waals surface area contributed by atoms with Crippen LogP contribution in [-0.2, 0) is 32.3 Å². The third kappa shape index (κ3) is 9.63. The van der Waals surface area contributed by atoms with Gasteiger partial charge in [0.05, 0.1) is 0 Å². The molecule has 4 nitrogen and oxygen atoms in total. The molecule has 7 heteroatoms. The maximum atomic E-state index is 6.40. The number of hydrogen-bond acceptors (Lipinski definition) is 4. The van der Waals surface area contributed by atoms with Gasteiger partial charge in [-0.15, -0.1) is 34.0 Å². The zero-order valence-electron chi connectivity index (χ0n) is 13.7. The van der Waals surface area contributed by atoms with E-state index in [1.807, 2.05) is 50.2 Å². The number of hydrogen-bond donors (Lipinski definition) is 2. The van der Waals surface area contributed by atoms with Gasteiger partial charge in [0.2, 0.25) is 0 Å². The van der Waals surface area contributed by atoms with Gasteiger partial charge in [0, 0.05) is 60.6 Å². The molecule has 2 aromatic rings. The Morgan fingerprint density at radius 3 is 1.52 bits per heavy atom. The van der Waals surface area contributed by atoms with Gasteiger partial charge >= 0.3 is 0 Å². The average Bonchev–Trinajstić information content (AvgIpc) is 2.27. The van der Waals surface area contributed by atoms with Gasteiger partial charge in [0.25, 0.3) is 0 Å². The Kier molecular flexibility index (Phi) is 14.7. The molecule has 2 aromatic heterocycles. The summed E-state index contributed by atoms with van der Waals surface area (Å²) in [6.45, 7) is 6.06. The van der Waals surface area contributed by atoms with Crippen LogP contribution in [0, 0.1) is 13.8 Å². The van der Waals surface area contributed by atoms with E-state index in [-0.39, 0.29) is 65.1 Å². The Morgan fingerprint density at radius 1 is 0.870 bits per heavy atom. The second-order valence-electron chi connectivity index (χ2n) is 5.55. The smallest absolute Gasteiger partial charge is 0.0425 e. The van der Waals surface area contributed by atoms with Gasteiger partial charge in [-0.1, -0.05) is 12.1 Å². The van der Waals surface area contributed by atoms with Gasteiger partial charge in [-0.25, -0.2) is 0 Å². The van der Waals surface area contributed by atoms with Crippen molar-refractivity contribution < 1.29 is 19.5 Å². The molecule has 0 aliphatic carbocycles. The van der Waals surface area contributed by atoms with Crippen molar-refractivity contribution in [3.05, 3.63) is 59.2 Å². The molecule has 0 fully saturated rings. The number of aryl methyl sites for hydroxylation is 2. The summed E-state index contributed by atoms with van der Waals surface area (Å²) in [5.41, 5.74) is 10.2. The Labute approximate surface area is 173 Å². The van der Waals surface area contributed by atoms with Crippen molar-refractivity contribution in [1.29, 1.82) is 0 Å². The normalized spacial score (nSPS) is 9.57. The van der Waals surface area contributed by atoms with E-state index in [0.717, 1.165) is 35.6 Å². The fourth-order valence-corrected chi connectivity index (χ4v) is 2.29. The van der Waals surface area contributed by atoms with Crippen LogP contribution in [0.2, 0.25) is 0 Å². The number of rotatable bonds is 4. The van der Waals surface area contributed by atoms with Gasteiger partial charge in [0.1, 0.15) is 0 Å². The molecule has 0 atom stereocenters. The van der Waals surface area contributed by atoms with Gasteiger partial charge in [-0.3, -0.25) is 9.97 Å². The molecule has 2 heterocycles. The Bertz CT molecular complexity index is 530. The molecule has 0 saturated heterocycles. The number of nitrogens with two attached hydrogens (primary N) is 1. The van der Waals surface area contributed by atoms with Gasteiger partial charge in [-0.2, -0.15) is 0 Å². The SMILES string of the molecule is Br.Br.Cc1cccc(CC(C)(N)Cc2cccc(C)n2)n1.N.[Ru]. The van der Waals surface area contributed by atoms with Gasteiger partial charge in [-0.05, 0) is 45.0 Å². The average molecular weight is 535 g/mol. The zero-order chi connectivity index (χ0) is 13.9. The van der Waals surface area contributed by atoms with Crippen LogP contribution in [0.4, 0.5) is 0 Å². The summed E-state index contributed by atoms with van der Waals surface area (Å²) in [5, 5.41) is 0. The fraction of sp³-hybridized carbons (Fsp3) is 0.375. The predicted molar refractivity (Wildman–Crippen MR) is 104 cm³/mol. The van der Waals surface area contributed by atoms with E-state index in [0.29, 0.717) is 0 Å². The minimum Gasteiger partial charge on any atom is -0.344 e. The second-order valence-corrected chi connectivity index (χ2v) is 5.55. The van der Waals surface area contributed by atoms with E-state index in [1.54, 1.807) is 0 Å². The molecule has 132 valence electrons. The van der Waals surface area contributed by atoms with Gasteiger partial charge in [0.15, 0.2) is 0 Å². The molecule has 0 aliphatic rings. The third-order valence-electron chi connectivity index (χ3n) is 3.06. The maximum absolute atomic E-state index is 6.40. The first kappa shape index (κ1) is 27.6. The topological polar surface area (TPSA) is 86.8 Å². The molecule has 0 aliphatic heterocycles. The van der Waals surface area contributed by atoms with Crippen LogP contribution in [0.1, 0.15) is 29.7 Å². The molecule has 2 rings (SSSR count). The van der Waals surface area contributed by atoms with E-state index in [2.05, 4.69) is 16.9 Å². The monoisotopic (exact) mass is 534 g/mol. The summed E-state index contributed by atoms with van der Waals surface area (Å²) in [4.78, 5) is 9.03. The first-order valence-corrected chi connectivity index (χ1v) is 6.59. The minimum absolute atomic E-state index is 0. The molecule has 0 radical (unpaired) electrons. The van der Waals surface area contributed by atoms with Crippen LogP contribution in [-0.4, -0.2) is 15.5 Å². The van der Waals surface area contributed by atoms with E-state index in [4.69, 9.17) is 5.73 Å². The maximum Gasteiger partial charge on any atom is 0.0425 e. The van der Waals surface area contributed by atoms with E-state index in [9.17, 15) is 0 Å². The quantitative estimate of drug-likeness (QED) is 0.582. The third-order valence-corrected chi connectivity index (χ3v) is 3.06. The van der Waals surface area contributed by atoms with Crippen LogP contribution >= 0.6 is 34.0 Å². The Morgan fingerprint density at radius 2 is 1.22 bits per heavy atom. The zero-order valence-corrected chi connectivity index (χ0v) is 18.9. The molecule has 0 amide bonds. The van der Waals surface area contributed by atoms with Crippen molar-refractivity contribution in [3.8, 4) is 0 Å². The van der Waals surface area contributed by atoms with Crippen LogP contribution in [0.3, 0.4) is 0 Å². The molecule has 0 spiro atoms. The molecular weight excluding hydrogens is 509 g/mol. The van der Waals surface area contributed by atoms with Gasteiger partial charge < -0.3 is 11.9 Å². The predicted octanol–water partition coefficient (Wildman–Crippen LogP) is 3.91. The number of pyridine rings is 2. The Hall–Kier alpha value is -0.197. The number of halogens is 2. The summed E-state index contributed by atoms with van der Waals surface area (Å²) in [6, 6.07) is 12.1. The standard InChI is InChI=1S/C16H21N3.2BrH.H3N.Ru/c1-12-6-4-8-14(18-12)10-16(3,17)11-15-9-5-7-13(2)19-15;;;;/h4-9H,10-11,17H2,1-3H3;2*1H;1H3;. The second kappa shape index (κ2) is 12.2. The Balaban J connectivity index is -0.000001000. The van der Waals surface area contributed by atoms with Crippen molar-refractivity contribution >= 4 is 34.0 Å². The molecular formula is C16H26Br2N4Ru. The van der Waals surface area contributed by atoms with Crippen LogP contribution in [0.25, 0.3) is 0 Å². The number of nitrogens with zero attached hydrogens (tertiary/aromatic N) is 2. The van der Waals surface area contributed by atoms with Crippen molar-refractivity contribution in [1.82, 2.24) is 16.1 Å². The molecule has 0 bridgehead atoms. The minimum atomic E-state index is -0.332. The summed E-state index contributed by atoms with van der Waals surface area (Å²) in [5.74, 6) is 0. The first-order valence-electron chi connectivity index (χ1n) is 6.59. The molecule has 5 N–H and O–H groups in total. The van der Waals surface area contributed by atoms with E-state index >= 15 is 0 Å². The van der Waals surface area contributed by atoms with Crippen LogP contribution in [0.5, 0.6) is 0 Å². The summed E-state index contributed by atoms with van der Waals surface area (Å²) >= 11 is 0. The van der Waals surface area contributed by atoms with Crippen LogP contribution < -0.4 is 11.9 Å². The summed E-state index contributed by atoms with van der Waals surface area (Å²) in [6.07, 6.45) is 1.51. The molecule has 23 heavy (non-hydrogen) atoms. The largest absolute Gasteiger partial charge is 0.344 e. The summed E-state index contributed by atoms with van der Waals surface area (Å²) < 4.78 is 0. The van der Waals surface area contributed by atoms with E-state index in [1.165, 1.54) is 0 Å². The molecule has 0 saturated carbocycles. The molecule has 0 unspecified atom stereocenters. The summed E-state index contributed by atoms with van der Waals surface area (Å²) in [7, 11) is 0.